The molecule has 3 rings (SSSR count). The summed E-state index contributed by atoms with van der Waals surface area (Å²) in [5, 5.41) is 3.68. The van der Waals surface area contributed by atoms with Crippen molar-refractivity contribution in [1.29, 1.82) is 0 Å². The fourth-order valence-corrected chi connectivity index (χ4v) is 2.69. The molecule has 142 valence electrons. The number of pyridine rings is 1. The highest BCUT2D eigenvalue weighted by Gasteiger charge is 2.32. The minimum Gasteiger partial charge on any atom is -0.459 e. The number of likely N-dealkylation sites (N-methyl/N-ethyl adjacent to an activating group) is 1. The van der Waals surface area contributed by atoms with Crippen molar-refractivity contribution in [2.45, 2.75) is 12.2 Å². The molecule has 1 atom stereocenters. The fraction of sp³-hybridized carbons (Fsp3) is 0.263. The SMILES string of the molecule is CN(C)[C@H](CNC(=O)c1ccc(C(F)(F)F)nc1)c1cc2ccccc2o1. The molecule has 1 amide bonds. The molecule has 1 N–H and O–H groups in total. The van der Waals surface area contributed by atoms with Crippen LogP contribution in [0.4, 0.5) is 13.2 Å². The second-order valence-electron chi connectivity index (χ2n) is 6.31. The summed E-state index contributed by atoms with van der Waals surface area (Å²) in [7, 11) is 3.70. The molecule has 27 heavy (non-hydrogen) atoms. The van der Waals surface area contributed by atoms with Crippen molar-refractivity contribution < 1.29 is 22.4 Å². The van der Waals surface area contributed by atoms with Crippen LogP contribution in [0.1, 0.15) is 27.9 Å². The van der Waals surface area contributed by atoms with Gasteiger partial charge in [-0.15, -0.1) is 0 Å². The van der Waals surface area contributed by atoms with Gasteiger partial charge in [-0.1, -0.05) is 18.2 Å². The second-order valence-corrected chi connectivity index (χ2v) is 6.31. The Balaban J connectivity index is 1.71. The number of benzene rings is 1. The van der Waals surface area contributed by atoms with E-state index in [0.717, 1.165) is 29.3 Å². The standard InChI is InChI=1S/C19H18F3N3O2/c1-25(2)14(16-9-12-5-3-4-6-15(12)27-16)11-24-18(26)13-7-8-17(23-10-13)19(20,21)22/h3-10,14H,11H2,1-2H3,(H,24,26)/t14-/m1/s1. The molecule has 0 aliphatic rings. The van der Waals surface area contributed by atoms with Gasteiger partial charge in [0.15, 0.2) is 0 Å². The van der Waals surface area contributed by atoms with E-state index in [9.17, 15) is 18.0 Å². The molecule has 0 saturated carbocycles. The van der Waals surface area contributed by atoms with Crippen molar-refractivity contribution in [1.82, 2.24) is 15.2 Å². The Kier molecular flexibility index (Phi) is 5.18. The third-order valence-electron chi connectivity index (χ3n) is 4.17. The Hall–Kier alpha value is -2.87. The van der Waals surface area contributed by atoms with Gasteiger partial charge in [-0.3, -0.25) is 14.7 Å². The van der Waals surface area contributed by atoms with Gasteiger partial charge in [0.2, 0.25) is 0 Å². The smallest absolute Gasteiger partial charge is 0.433 e. The highest BCUT2D eigenvalue weighted by Crippen LogP contribution is 2.28. The van der Waals surface area contributed by atoms with Gasteiger partial charge in [0, 0.05) is 18.1 Å². The number of fused-ring (bicyclic) bond motifs is 1. The molecule has 0 saturated heterocycles. The number of carbonyl (C=O) groups is 1. The number of rotatable bonds is 5. The zero-order valence-corrected chi connectivity index (χ0v) is 14.7. The molecule has 5 nitrogen and oxygen atoms in total. The zero-order chi connectivity index (χ0) is 19.6. The quantitative estimate of drug-likeness (QED) is 0.733. The van der Waals surface area contributed by atoms with Crippen LogP contribution >= 0.6 is 0 Å². The Morgan fingerprint density at radius 2 is 1.96 bits per heavy atom. The highest BCUT2D eigenvalue weighted by molar-refractivity contribution is 5.93. The van der Waals surface area contributed by atoms with Crippen molar-refractivity contribution in [2.24, 2.45) is 0 Å². The van der Waals surface area contributed by atoms with Gasteiger partial charge < -0.3 is 9.73 Å². The lowest BCUT2D eigenvalue weighted by atomic mass is 10.1. The van der Waals surface area contributed by atoms with Gasteiger partial charge >= 0.3 is 6.18 Å². The van der Waals surface area contributed by atoms with Gasteiger partial charge in [0.25, 0.3) is 5.91 Å². The summed E-state index contributed by atoms with van der Waals surface area (Å²) in [4.78, 5) is 17.5. The summed E-state index contributed by atoms with van der Waals surface area (Å²) >= 11 is 0. The number of alkyl halides is 3. The second kappa shape index (κ2) is 7.40. The van der Waals surface area contributed by atoms with Crippen LogP contribution in [0.15, 0.2) is 53.1 Å². The number of amides is 1. The highest BCUT2D eigenvalue weighted by atomic mass is 19.4. The van der Waals surface area contributed by atoms with Crippen LogP contribution in [0.5, 0.6) is 0 Å². The Morgan fingerprint density at radius 1 is 1.22 bits per heavy atom. The number of nitrogens with one attached hydrogen (secondary N) is 1. The molecular weight excluding hydrogens is 359 g/mol. The summed E-state index contributed by atoms with van der Waals surface area (Å²) in [6.07, 6.45) is -3.61. The lowest BCUT2D eigenvalue weighted by Gasteiger charge is -2.22. The number of para-hydroxylation sites is 1. The largest absolute Gasteiger partial charge is 0.459 e. The molecule has 2 heterocycles. The van der Waals surface area contributed by atoms with Crippen LogP contribution in [-0.4, -0.2) is 36.4 Å². The molecule has 0 fully saturated rings. The molecule has 3 aromatic rings. The number of nitrogens with zero attached hydrogens (tertiary/aromatic N) is 2. The Labute approximate surface area is 153 Å². The molecular formula is C19H18F3N3O2. The summed E-state index contributed by atoms with van der Waals surface area (Å²) in [5.74, 6) is 0.186. The minimum absolute atomic E-state index is 0.0603. The lowest BCUT2D eigenvalue weighted by Crippen LogP contribution is -2.34. The lowest BCUT2D eigenvalue weighted by molar-refractivity contribution is -0.141. The predicted molar refractivity (Wildman–Crippen MR) is 94.2 cm³/mol. The normalized spacial score (nSPS) is 13.1. The van der Waals surface area contributed by atoms with E-state index in [1.807, 2.05) is 49.3 Å². The molecule has 0 aliphatic heterocycles. The molecule has 0 aliphatic carbocycles. The number of aromatic nitrogens is 1. The monoisotopic (exact) mass is 377 g/mol. The van der Waals surface area contributed by atoms with Crippen LogP contribution in [0.3, 0.4) is 0 Å². The van der Waals surface area contributed by atoms with Crippen molar-refractivity contribution in [3.8, 4) is 0 Å². The van der Waals surface area contributed by atoms with E-state index in [2.05, 4.69) is 10.3 Å². The zero-order valence-electron chi connectivity index (χ0n) is 14.7. The number of halogens is 3. The number of hydrogen-bond donors (Lipinski definition) is 1. The Bertz CT molecular complexity index is 900. The first-order chi connectivity index (χ1) is 12.8. The van der Waals surface area contributed by atoms with E-state index in [1.165, 1.54) is 0 Å². The van der Waals surface area contributed by atoms with Crippen LogP contribution in [0.2, 0.25) is 0 Å². The van der Waals surface area contributed by atoms with Gasteiger partial charge in [0.1, 0.15) is 17.0 Å². The fourth-order valence-electron chi connectivity index (χ4n) is 2.69. The van der Waals surface area contributed by atoms with Gasteiger partial charge in [-0.25, -0.2) is 0 Å². The molecule has 0 spiro atoms. The number of hydrogen-bond acceptors (Lipinski definition) is 4. The first-order valence-corrected chi connectivity index (χ1v) is 8.22. The first kappa shape index (κ1) is 18.9. The maximum Gasteiger partial charge on any atom is 0.433 e. The van der Waals surface area contributed by atoms with Crippen LogP contribution < -0.4 is 5.32 Å². The predicted octanol–water partition coefficient (Wildman–Crippen LogP) is 3.88. The van der Waals surface area contributed by atoms with Crippen LogP contribution in [0, 0.1) is 0 Å². The molecule has 0 unspecified atom stereocenters. The van der Waals surface area contributed by atoms with E-state index in [-0.39, 0.29) is 18.2 Å². The average Bonchev–Trinajstić information content (AvgIpc) is 3.04. The molecule has 2 aromatic heterocycles. The summed E-state index contributed by atoms with van der Waals surface area (Å²) in [5.41, 5.74) is -0.227. The summed E-state index contributed by atoms with van der Waals surface area (Å²) in [6.45, 7) is 0.229. The first-order valence-electron chi connectivity index (χ1n) is 8.22. The van der Waals surface area contributed by atoms with Crippen molar-refractivity contribution >= 4 is 16.9 Å². The third-order valence-corrected chi connectivity index (χ3v) is 4.17. The maximum atomic E-state index is 12.6. The van der Waals surface area contributed by atoms with Gasteiger partial charge in [-0.05, 0) is 38.4 Å². The number of furan rings is 1. The average molecular weight is 377 g/mol. The Morgan fingerprint density at radius 3 is 2.56 bits per heavy atom. The summed E-state index contributed by atoms with van der Waals surface area (Å²) < 4.78 is 43.5. The van der Waals surface area contributed by atoms with Crippen LogP contribution in [0.25, 0.3) is 11.0 Å². The van der Waals surface area contributed by atoms with Crippen molar-refractivity contribution in [2.75, 3.05) is 20.6 Å². The molecule has 0 bridgehead atoms. The van der Waals surface area contributed by atoms with E-state index in [1.54, 1.807) is 0 Å². The molecule has 1 aromatic carbocycles. The minimum atomic E-state index is -4.54. The van der Waals surface area contributed by atoms with E-state index in [0.29, 0.717) is 5.76 Å². The molecule has 8 heteroatoms. The number of carbonyl (C=O) groups excluding carboxylic acids is 1. The van der Waals surface area contributed by atoms with E-state index in [4.69, 9.17) is 4.42 Å². The van der Waals surface area contributed by atoms with Gasteiger partial charge in [0.05, 0.1) is 11.6 Å². The van der Waals surface area contributed by atoms with Gasteiger partial charge in [-0.2, -0.15) is 13.2 Å². The van der Waals surface area contributed by atoms with E-state index < -0.39 is 17.8 Å². The third kappa shape index (κ3) is 4.28. The maximum absolute atomic E-state index is 12.6. The van der Waals surface area contributed by atoms with Crippen LogP contribution in [-0.2, 0) is 6.18 Å². The molecule has 0 radical (unpaired) electrons. The topological polar surface area (TPSA) is 58.4 Å². The summed E-state index contributed by atoms with van der Waals surface area (Å²) in [6, 6.07) is 11.1. The van der Waals surface area contributed by atoms with Crippen molar-refractivity contribution in [3.05, 3.63) is 65.7 Å². The van der Waals surface area contributed by atoms with E-state index >= 15 is 0 Å². The van der Waals surface area contributed by atoms with Crippen molar-refractivity contribution in [3.63, 3.8) is 0 Å².